The van der Waals surface area contributed by atoms with Gasteiger partial charge >= 0.3 is 0 Å². The lowest BCUT2D eigenvalue weighted by molar-refractivity contribution is -0.120. The smallest absolute Gasteiger partial charge is 0.241 e. The molecule has 1 aliphatic heterocycles. The average molecular weight is 383 g/mol. The molecule has 2 rings (SSSR count). The molecule has 7 nitrogen and oxygen atoms in total. The fourth-order valence-electron chi connectivity index (χ4n) is 3.34. The second kappa shape index (κ2) is 9.45. The molecule has 1 aromatic rings. The van der Waals surface area contributed by atoms with Crippen LogP contribution in [0.5, 0.6) is 0 Å². The van der Waals surface area contributed by atoms with Crippen LogP contribution >= 0.6 is 0 Å². The van der Waals surface area contributed by atoms with E-state index in [1.54, 1.807) is 13.8 Å². The van der Waals surface area contributed by atoms with E-state index in [9.17, 15) is 13.2 Å². The molecule has 3 N–H and O–H groups in total. The van der Waals surface area contributed by atoms with Gasteiger partial charge in [-0.25, -0.2) is 13.1 Å². The van der Waals surface area contributed by atoms with Crippen LogP contribution in [0.15, 0.2) is 17.0 Å². The van der Waals surface area contributed by atoms with E-state index in [4.69, 9.17) is 0 Å². The lowest BCUT2D eigenvalue weighted by Gasteiger charge is -2.27. The van der Waals surface area contributed by atoms with Crippen molar-refractivity contribution in [2.75, 3.05) is 45.8 Å². The number of sulfonamides is 1. The number of piperazine rings is 1. The average Bonchev–Trinajstić information content (AvgIpc) is 2.54. The molecule has 0 aromatic heterocycles. The predicted octanol–water partition coefficient (Wildman–Crippen LogP) is 0.302. The third-order valence-electron chi connectivity index (χ3n) is 4.48. The molecule has 146 valence electrons. The van der Waals surface area contributed by atoms with Crippen LogP contribution in [0.4, 0.5) is 0 Å². The zero-order chi connectivity index (χ0) is 19.2. The van der Waals surface area contributed by atoms with Crippen molar-refractivity contribution in [3.8, 4) is 0 Å². The van der Waals surface area contributed by atoms with Gasteiger partial charge in [-0.15, -0.1) is 0 Å². The van der Waals surface area contributed by atoms with Crippen molar-refractivity contribution >= 4 is 15.9 Å². The molecule has 1 heterocycles. The maximum atomic E-state index is 12.5. The second-order valence-corrected chi connectivity index (χ2v) is 8.52. The first-order chi connectivity index (χ1) is 12.3. The van der Waals surface area contributed by atoms with Crippen molar-refractivity contribution in [2.24, 2.45) is 0 Å². The third-order valence-corrected chi connectivity index (χ3v) is 6.24. The van der Waals surface area contributed by atoms with Gasteiger partial charge in [-0.3, -0.25) is 9.69 Å². The summed E-state index contributed by atoms with van der Waals surface area (Å²) in [6.45, 7) is 11.0. The van der Waals surface area contributed by atoms with E-state index in [2.05, 4.69) is 20.3 Å². The molecular weight excluding hydrogens is 352 g/mol. The number of hydrogen-bond acceptors (Lipinski definition) is 5. The number of amides is 1. The van der Waals surface area contributed by atoms with Crippen LogP contribution in [0.2, 0.25) is 0 Å². The molecule has 0 unspecified atom stereocenters. The SMILES string of the molecule is Cc1cc(C)c(S(=O)(=O)NCCC(=O)NCCN2CCNCC2)c(C)c1. The maximum Gasteiger partial charge on any atom is 0.241 e. The van der Waals surface area contributed by atoms with E-state index in [0.717, 1.165) is 49.4 Å². The number of aryl methyl sites for hydroxylation is 3. The Morgan fingerprint density at radius 1 is 1.12 bits per heavy atom. The predicted molar refractivity (Wildman–Crippen MR) is 103 cm³/mol. The van der Waals surface area contributed by atoms with Crippen molar-refractivity contribution in [1.82, 2.24) is 20.3 Å². The van der Waals surface area contributed by atoms with Crippen molar-refractivity contribution in [3.63, 3.8) is 0 Å². The van der Waals surface area contributed by atoms with E-state index in [0.29, 0.717) is 11.4 Å². The van der Waals surface area contributed by atoms with Gasteiger partial charge in [0.2, 0.25) is 15.9 Å². The Morgan fingerprint density at radius 3 is 2.35 bits per heavy atom. The van der Waals surface area contributed by atoms with Gasteiger partial charge in [-0.2, -0.15) is 0 Å². The Hall–Kier alpha value is -1.48. The fourth-order valence-corrected chi connectivity index (χ4v) is 4.82. The number of nitrogens with one attached hydrogen (secondary N) is 3. The second-order valence-electron chi connectivity index (χ2n) is 6.82. The Balaban J connectivity index is 1.76. The minimum absolute atomic E-state index is 0.0918. The van der Waals surface area contributed by atoms with Gasteiger partial charge in [0.15, 0.2) is 0 Å². The molecule has 1 fully saturated rings. The molecule has 0 saturated carbocycles. The van der Waals surface area contributed by atoms with E-state index in [-0.39, 0.29) is 18.9 Å². The van der Waals surface area contributed by atoms with Gasteiger partial charge in [0.1, 0.15) is 0 Å². The van der Waals surface area contributed by atoms with Crippen molar-refractivity contribution < 1.29 is 13.2 Å². The zero-order valence-corrected chi connectivity index (χ0v) is 16.7. The van der Waals surface area contributed by atoms with Gasteiger partial charge in [-0.1, -0.05) is 17.7 Å². The molecule has 26 heavy (non-hydrogen) atoms. The van der Waals surface area contributed by atoms with Crippen LogP contribution in [0.1, 0.15) is 23.1 Å². The molecule has 1 saturated heterocycles. The topological polar surface area (TPSA) is 90.5 Å². The summed E-state index contributed by atoms with van der Waals surface area (Å²) >= 11 is 0. The Morgan fingerprint density at radius 2 is 1.73 bits per heavy atom. The Labute approximate surface area is 156 Å². The summed E-state index contributed by atoms with van der Waals surface area (Å²) in [5.41, 5.74) is 2.47. The largest absolute Gasteiger partial charge is 0.355 e. The standard InChI is InChI=1S/C18H30N4O3S/c1-14-12-15(2)18(16(3)13-14)26(24,25)21-5-4-17(23)20-8-11-22-9-6-19-7-10-22/h12-13,19,21H,4-11H2,1-3H3,(H,20,23). The van der Waals surface area contributed by atoms with Crippen LogP contribution in [-0.4, -0.2) is 65.0 Å². The highest BCUT2D eigenvalue weighted by Crippen LogP contribution is 2.21. The summed E-state index contributed by atoms with van der Waals surface area (Å²) in [5.74, 6) is -0.139. The quantitative estimate of drug-likeness (QED) is 0.602. The highest BCUT2D eigenvalue weighted by Gasteiger charge is 2.19. The number of benzene rings is 1. The highest BCUT2D eigenvalue weighted by atomic mass is 32.2. The first-order valence-electron chi connectivity index (χ1n) is 9.07. The number of rotatable bonds is 8. The maximum absolute atomic E-state index is 12.5. The normalized spacial score (nSPS) is 15.8. The summed E-state index contributed by atoms with van der Waals surface area (Å²) < 4.78 is 27.6. The number of hydrogen-bond donors (Lipinski definition) is 3. The lowest BCUT2D eigenvalue weighted by Crippen LogP contribution is -2.46. The van der Waals surface area contributed by atoms with Crippen LogP contribution in [-0.2, 0) is 14.8 Å². The van der Waals surface area contributed by atoms with Crippen LogP contribution in [0, 0.1) is 20.8 Å². The Kier molecular flexibility index (Phi) is 7.57. The zero-order valence-electron chi connectivity index (χ0n) is 15.9. The monoisotopic (exact) mass is 382 g/mol. The van der Waals surface area contributed by atoms with Gasteiger partial charge in [0.05, 0.1) is 4.90 Å². The molecule has 8 heteroatoms. The first kappa shape index (κ1) is 20.8. The van der Waals surface area contributed by atoms with Gasteiger partial charge < -0.3 is 10.6 Å². The van der Waals surface area contributed by atoms with Crippen molar-refractivity contribution in [1.29, 1.82) is 0 Å². The number of carbonyl (C=O) groups is 1. The molecule has 1 aromatic carbocycles. The molecule has 0 radical (unpaired) electrons. The summed E-state index contributed by atoms with van der Waals surface area (Å²) in [6, 6.07) is 3.70. The summed E-state index contributed by atoms with van der Waals surface area (Å²) in [7, 11) is -3.62. The van der Waals surface area contributed by atoms with Crippen LogP contribution < -0.4 is 15.4 Å². The van der Waals surface area contributed by atoms with Crippen molar-refractivity contribution in [2.45, 2.75) is 32.1 Å². The molecule has 1 aliphatic rings. The Bertz CT molecular complexity index is 705. The van der Waals surface area contributed by atoms with Gasteiger partial charge in [0.25, 0.3) is 0 Å². The molecule has 0 aliphatic carbocycles. The lowest BCUT2D eigenvalue weighted by atomic mass is 10.1. The van der Waals surface area contributed by atoms with E-state index < -0.39 is 10.0 Å². The summed E-state index contributed by atoms with van der Waals surface area (Å²) in [4.78, 5) is 14.5. The third kappa shape index (κ3) is 6.05. The number of nitrogens with zero attached hydrogens (tertiary/aromatic N) is 1. The molecule has 0 bridgehead atoms. The fraction of sp³-hybridized carbons (Fsp3) is 0.611. The molecular formula is C18H30N4O3S. The van der Waals surface area contributed by atoms with E-state index in [1.807, 2.05) is 19.1 Å². The minimum atomic E-state index is -3.62. The van der Waals surface area contributed by atoms with Crippen LogP contribution in [0.25, 0.3) is 0 Å². The molecule has 1 amide bonds. The van der Waals surface area contributed by atoms with Crippen molar-refractivity contribution in [3.05, 3.63) is 28.8 Å². The molecule has 0 atom stereocenters. The summed E-state index contributed by atoms with van der Waals surface area (Å²) in [6.07, 6.45) is 0.130. The minimum Gasteiger partial charge on any atom is -0.355 e. The highest BCUT2D eigenvalue weighted by molar-refractivity contribution is 7.89. The first-order valence-corrected chi connectivity index (χ1v) is 10.6. The number of carbonyl (C=O) groups excluding carboxylic acids is 1. The van der Waals surface area contributed by atoms with Crippen LogP contribution in [0.3, 0.4) is 0 Å². The van der Waals surface area contributed by atoms with Gasteiger partial charge in [-0.05, 0) is 31.9 Å². The van der Waals surface area contributed by atoms with E-state index >= 15 is 0 Å². The molecule has 0 spiro atoms. The van der Waals surface area contributed by atoms with E-state index in [1.165, 1.54) is 0 Å². The van der Waals surface area contributed by atoms with Gasteiger partial charge in [0, 0.05) is 52.2 Å². The summed E-state index contributed by atoms with van der Waals surface area (Å²) in [5, 5.41) is 6.14.